The fourth-order valence-corrected chi connectivity index (χ4v) is 0.592. The van der Waals surface area contributed by atoms with E-state index in [4.69, 9.17) is 16.3 Å². The summed E-state index contributed by atoms with van der Waals surface area (Å²) in [6.07, 6.45) is 0. The number of nitrogens with one attached hydrogen (secondary N) is 1. The Morgan fingerprint density at radius 2 is 1.83 bits per heavy atom. The minimum absolute atomic E-state index is 0.0599. The van der Waals surface area contributed by atoms with Crippen LogP contribution in [-0.2, 0) is 4.84 Å². The fourth-order valence-electron chi connectivity index (χ4n) is 0.592. The maximum Gasteiger partial charge on any atom is 0.253 e. The van der Waals surface area contributed by atoms with Crippen LogP contribution in [0, 0.1) is 0 Å². The van der Waals surface area contributed by atoms with Crippen LogP contribution in [-0.4, -0.2) is 21.6 Å². The van der Waals surface area contributed by atoms with Gasteiger partial charge in [-0.2, -0.15) is 15.0 Å². The molecule has 1 rings (SSSR count). The van der Waals surface area contributed by atoms with Gasteiger partial charge in [0.1, 0.15) is 0 Å². The predicted octanol–water partition coefficient (Wildman–Crippen LogP) is -0.601. The monoisotopic (exact) mass is 170 g/mol. The molecule has 0 unspecified atom stereocenters. The average Bonchev–Trinajstić information content (AvgIpc) is 1.99. The van der Waals surface area contributed by atoms with Gasteiger partial charge in [0.25, 0.3) is 5.95 Å². The van der Waals surface area contributed by atoms with Gasteiger partial charge in [-0.3, -0.25) is 4.84 Å². The summed E-state index contributed by atoms with van der Waals surface area (Å²) in [5, 5.41) is 0. The molecule has 0 bridgehead atoms. The van der Waals surface area contributed by atoms with Gasteiger partial charge in [-0.05, 0) is 6.92 Å². The van der Waals surface area contributed by atoms with Crippen LogP contribution in [0.15, 0.2) is 0 Å². The van der Waals surface area contributed by atoms with Crippen molar-refractivity contribution in [1.29, 1.82) is 0 Å². The lowest BCUT2D eigenvalue weighted by Crippen LogP contribution is -2.09. The molecule has 1 aromatic rings. The second-order valence-corrected chi connectivity index (χ2v) is 1.91. The molecule has 7 heteroatoms. The lowest BCUT2D eigenvalue weighted by molar-refractivity contribution is 0.207. The summed E-state index contributed by atoms with van der Waals surface area (Å²) in [5.41, 5.74) is 13.0. The van der Waals surface area contributed by atoms with E-state index in [0.29, 0.717) is 6.61 Å². The summed E-state index contributed by atoms with van der Waals surface area (Å²) in [6.45, 7) is 2.31. The molecular formula is C5H10N6O. The van der Waals surface area contributed by atoms with Crippen LogP contribution in [0.25, 0.3) is 0 Å². The summed E-state index contributed by atoms with van der Waals surface area (Å²) in [5.74, 6) is 0.330. The second-order valence-electron chi connectivity index (χ2n) is 1.91. The maximum atomic E-state index is 5.29. The zero-order chi connectivity index (χ0) is 8.97. The highest BCUT2D eigenvalue weighted by Gasteiger charge is 1.99. The maximum absolute atomic E-state index is 5.29. The van der Waals surface area contributed by atoms with Gasteiger partial charge in [0, 0.05) is 0 Å². The number of anilines is 3. The zero-order valence-electron chi connectivity index (χ0n) is 6.61. The lowest BCUT2D eigenvalue weighted by Gasteiger charge is -2.03. The van der Waals surface area contributed by atoms with E-state index < -0.39 is 0 Å². The minimum Gasteiger partial charge on any atom is -0.368 e. The number of nitrogens with two attached hydrogens (primary N) is 2. The Morgan fingerprint density at radius 3 is 2.33 bits per heavy atom. The van der Waals surface area contributed by atoms with Crippen LogP contribution in [0.1, 0.15) is 6.92 Å². The Kier molecular flexibility index (Phi) is 2.59. The SMILES string of the molecule is CCONc1nc(N)nc(N)n1. The van der Waals surface area contributed by atoms with Crippen molar-refractivity contribution in [3.63, 3.8) is 0 Å². The average molecular weight is 170 g/mol. The molecule has 7 nitrogen and oxygen atoms in total. The third-order valence-electron chi connectivity index (χ3n) is 0.978. The van der Waals surface area contributed by atoms with Crippen molar-refractivity contribution < 1.29 is 4.84 Å². The summed E-state index contributed by atoms with van der Waals surface area (Å²) in [7, 11) is 0. The number of nitrogen functional groups attached to an aromatic ring is 2. The van der Waals surface area contributed by atoms with Crippen LogP contribution in [0.5, 0.6) is 0 Å². The van der Waals surface area contributed by atoms with Crippen LogP contribution < -0.4 is 16.9 Å². The van der Waals surface area contributed by atoms with E-state index in [1.807, 2.05) is 6.92 Å². The van der Waals surface area contributed by atoms with Gasteiger partial charge in [0.15, 0.2) is 0 Å². The van der Waals surface area contributed by atoms with E-state index in [0.717, 1.165) is 0 Å². The molecule has 0 aliphatic carbocycles. The summed E-state index contributed by atoms with van der Waals surface area (Å²) < 4.78 is 0. The number of aromatic nitrogens is 3. The number of hydrogen-bond donors (Lipinski definition) is 3. The van der Waals surface area contributed by atoms with E-state index in [1.54, 1.807) is 0 Å². The van der Waals surface area contributed by atoms with Crippen LogP contribution >= 0.6 is 0 Å². The molecule has 1 aromatic heterocycles. The Morgan fingerprint density at radius 1 is 1.25 bits per heavy atom. The van der Waals surface area contributed by atoms with E-state index in [1.165, 1.54) is 0 Å². The molecule has 0 amide bonds. The first kappa shape index (κ1) is 8.47. The van der Waals surface area contributed by atoms with E-state index in [2.05, 4.69) is 20.4 Å². The molecule has 0 aliphatic rings. The Balaban J connectivity index is 2.72. The third kappa shape index (κ3) is 2.20. The molecule has 0 fully saturated rings. The molecule has 0 saturated carbocycles. The number of hydrogen-bond acceptors (Lipinski definition) is 7. The molecule has 0 saturated heterocycles. The van der Waals surface area contributed by atoms with Gasteiger partial charge in [0.2, 0.25) is 11.9 Å². The van der Waals surface area contributed by atoms with Gasteiger partial charge in [-0.1, -0.05) is 0 Å². The molecule has 5 N–H and O–H groups in total. The smallest absolute Gasteiger partial charge is 0.253 e. The van der Waals surface area contributed by atoms with Crippen LogP contribution in [0.4, 0.5) is 17.8 Å². The second kappa shape index (κ2) is 3.67. The van der Waals surface area contributed by atoms with E-state index in [-0.39, 0.29) is 17.8 Å². The summed E-state index contributed by atoms with van der Waals surface area (Å²) >= 11 is 0. The van der Waals surface area contributed by atoms with Gasteiger partial charge < -0.3 is 11.5 Å². The standard InChI is InChI=1S/C5H10N6O/c1-2-12-11-5-9-3(6)8-4(7)10-5/h2H2,1H3,(H5,6,7,8,9,10,11). The molecule has 0 aromatic carbocycles. The van der Waals surface area contributed by atoms with Crippen molar-refractivity contribution in [3.8, 4) is 0 Å². The molecule has 0 aliphatic heterocycles. The first-order valence-corrected chi connectivity index (χ1v) is 3.37. The Labute approximate surface area is 69.1 Å². The third-order valence-corrected chi connectivity index (χ3v) is 0.978. The molecule has 66 valence electrons. The number of nitrogens with zero attached hydrogens (tertiary/aromatic N) is 3. The molecule has 1 heterocycles. The number of rotatable bonds is 3. The fraction of sp³-hybridized carbons (Fsp3) is 0.400. The highest BCUT2D eigenvalue weighted by molar-refractivity contribution is 5.35. The van der Waals surface area contributed by atoms with Crippen molar-refractivity contribution in [2.75, 3.05) is 23.6 Å². The molecule has 0 radical (unpaired) electrons. The molecule has 0 atom stereocenters. The largest absolute Gasteiger partial charge is 0.368 e. The van der Waals surface area contributed by atoms with Crippen molar-refractivity contribution in [1.82, 2.24) is 15.0 Å². The first-order valence-electron chi connectivity index (χ1n) is 3.37. The summed E-state index contributed by atoms with van der Waals surface area (Å²) in [6, 6.07) is 0. The van der Waals surface area contributed by atoms with Crippen molar-refractivity contribution in [2.45, 2.75) is 6.92 Å². The van der Waals surface area contributed by atoms with Crippen molar-refractivity contribution in [3.05, 3.63) is 0 Å². The Hall–Kier alpha value is -1.63. The van der Waals surface area contributed by atoms with Gasteiger partial charge >= 0.3 is 0 Å². The summed E-state index contributed by atoms with van der Waals surface area (Å²) in [4.78, 5) is 15.8. The van der Waals surface area contributed by atoms with E-state index in [9.17, 15) is 0 Å². The highest BCUT2D eigenvalue weighted by Crippen LogP contribution is 2.02. The molecule has 12 heavy (non-hydrogen) atoms. The van der Waals surface area contributed by atoms with E-state index >= 15 is 0 Å². The molecular weight excluding hydrogens is 160 g/mol. The van der Waals surface area contributed by atoms with Crippen LogP contribution in [0.3, 0.4) is 0 Å². The first-order chi connectivity index (χ1) is 5.72. The minimum atomic E-state index is 0.0599. The lowest BCUT2D eigenvalue weighted by atomic mass is 10.8. The zero-order valence-corrected chi connectivity index (χ0v) is 6.61. The normalized spacial score (nSPS) is 9.75. The van der Waals surface area contributed by atoms with Crippen molar-refractivity contribution >= 4 is 17.8 Å². The highest BCUT2D eigenvalue weighted by atomic mass is 16.6. The van der Waals surface area contributed by atoms with Gasteiger partial charge in [0.05, 0.1) is 6.61 Å². The molecule has 0 spiro atoms. The quantitative estimate of drug-likeness (QED) is 0.519. The van der Waals surface area contributed by atoms with Crippen LogP contribution in [0.2, 0.25) is 0 Å². The van der Waals surface area contributed by atoms with Crippen molar-refractivity contribution in [2.24, 2.45) is 0 Å². The predicted molar refractivity (Wildman–Crippen MR) is 43.9 cm³/mol. The van der Waals surface area contributed by atoms with Gasteiger partial charge in [-0.15, -0.1) is 0 Å². The Bertz CT molecular complexity index is 244. The van der Waals surface area contributed by atoms with Gasteiger partial charge in [-0.25, -0.2) is 5.48 Å². The topological polar surface area (TPSA) is 112 Å².